The molecule has 6 nitrogen and oxygen atoms in total. The number of ether oxygens (including phenoxy) is 1. The Bertz CT molecular complexity index is 970. The zero-order valence-electron chi connectivity index (χ0n) is 17.2. The highest BCUT2D eigenvalue weighted by Gasteiger charge is 2.19. The zero-order chi connectivity index (χ0) is 21.1. The number of hydrogen-bond acceptors (Lipinski definition) is 4. The Balaban J connectivity index is 2.29. The number of carbonyl (C=O) groups is 1. The summed E-state index contributed by atoms with van der Waals surface area (Å²) in [4.78, 5) is 12.8. The molecule has 1 N–H and O–H groups in total. The second-order valence-corrected chi connectivity index (χ2v) is 8.91. The van der Waals surface area contributed by atoms with E-state index in [2.05, 4.69) is 5.32 Å². The van der Waals surface area contributed by atoms with Crippen molar-refractivity contribution >= 4 is 21.6 Å². The molecule has 0 fully saturated rings. The van der Waals surface area contributed by atoms with Crippen LogP contribution < -0.4 is 14.4 Å². The van der Waals surface area contributed by atoms with E-state index in [0.29, 0.717) is 11.3 Å². The maximum atomic E-state index is 12.8. The van der Waals surface area contributed by atoms with Crippen molar-refractivity contribution in [1.82, 2.24) is 5.32 Å². The van der Waals surface area contributed by atoms with Crippen molar-refractivity contribution < 1.29 is 17.9 Å². The number of aryl methyl sites for hydroxylation is 2. The molecule has 7 heteroatoms. The minimum absolute atomic E-state index is 0.158. The SMILES string of the molecule is CC[C@H](NC(=O)c1ccc(C)c(N(C)S(C)(=O)=O)c1)c1ccc(OC)c(C)c1. The van der Waals surface area contributed by atoms with Crippen molar-refractivity contribution in [1.29, 1.82) is 0 Å². The van der Waals surface area contributed by atoms with Crippen LogP contribution in [0.3, 0.4) is 0 Å². The van der Waals surface area contributed by atoms with Crippen LogP contribution in [-0.2, 0) is 10.0 Å². The van der Waals surface area contributed by atoms with Crippen LogP contribution in [0.5, 0.6) is 5.75 Å². The largest absolute Gasteiger partial charge is 0.496 e. The predicted molar refractivity (Wildman–Crippen MR) is 113 cm³/mol. The molecule has 2 aromatic carbocycles. The second-order valence-electron chi connectivity index (χ2n) is 6.90. The lowest BCUT2D eigenvalue weighted by Crippen LogP contribution is -2.29. The Morgan fingerprint density at radius 2 is 1.82 bits per heavy atom. The molecule has 2 aromatic rings. The van der Waals surface area contributed by atoms with E-state index >= 15 is 0 Å². The third kappa shape index (κ3) is 4.84. The first kappa shape index (κ1) is 21.8. The summed E-state index contributed by atoms with van der Waals surface area (Å²) in [7, 11) is -0.304. The first-order chi connectivity index (χ1) is 13.1. The summed E-state index contributed by atoms with van der Waals surface area (Å²) in [6, 6.07) is 10.8. The van der Waals surface area contributed by atoms with Crippen molar-refractivity contribution in [3.63, 3.8) is 0 Å². The zero-order valence-corrected chi connectivity index (χ0v) is 18.1. The number of amides is 1. The number of nitrogens with one attached hydrogen (secondary N) is 1. The highest BCUT2D eigenvalue weighted by Crippen LogP contribution is 2.26. The van der Waals surface area contributed by atoms with Gasteiger partial charge in [-0.15, -0.1) is 0 Å². The lowest BCUT2D eigenvalue weighted by molar-refractivity contribution is 0.0935. The molecule has 0 aliphatic heterocycles. The molecule has 1 amide bonds. The van der Waals surface area contributed by atoms with Crippen LogP contribution in [0.15, 0.2) is 36.4 Å². The number of nitrogens with zero attached hydrogens (tertiary/aromatic N) is 1. The van der Waals surface area contributed by atoms with Gasteiger partial charge in [0.2, 0.25) is 10.0 Å². The molecule has 0 unspecified atom stereocenters. The number of benzene rings is 2. The van der Waals surface area contributed by atoms with E-state index in [4.69, 9.17) is 4.74 Å². The molecule has 0 aliphatic carbocycles. The van der Waals surface area contributed by atoms with E-state index in [1.807, 2.05) is 39.0 Å². The van der Waals surface area contributed by atoms with Gasteiger partial charge in [-0.2, -0.15) is 0 Å². The number of carbonyl (C=O) groups excluding carboxylic acids is 1. The predicted octanol–water partition coefficient (Wildman–Crippen LogP) is 3.59. The molecule has 0 saturated heterocycles. The molecule has 0 saturated carbocycles. The Kier molecular flexibility index (Phi) is 6.72. The van der Waals surface area contributed by atoms with E-state index in [-0.39, 0.29) is 11.9 Å². The van der Waals surface area contributed by atoms with Crippen LogP contribution in [0.4, 0.5) is 5.69 Å². The second kappa shape index (κ2) is 8.65. The minimum atomic E-state index is -3.41. The van der Waals surface area contributed by atoms with Gasteiger partial charge in [0, 0.05) is 12.6 Å². The van der Waals surface area contributed by atoms with Gasteiger partial charge in [-0.1, -0.05) is 25.1 Å². The Hall–Kier alpha value is -2.54. The standard InChI is InChI=1S/C21H28N2O4S/c1-7-18(16-10-11-20(27-5)15(3)12-16)22-21(24)17-9-8-14(2)19(13-17)23(4)28(6,25)26/h8-13,18H,7H2,1-6H3,(H,22,24)/t18-/m0/s1. The van der Waals surface area contributed by atoms with Gasteiger partial charge >= 0.3 is 0 Å². The van der Waals surface area contributed by atoms with Gasteiger partial charge in [-0.25, -0.2) is 8.42 Å². The Morgan fingerprint density at radius 3 is 2.36 bits per heavy atom. The molecule has 0 bridgehead atoms. The Morgan fingerprint density at radius 1 is 1.14 bits per heavy atom. The van der Waals surface area contributed by atoms with E-state index in [1.54, 1.807) is 25.3 Å². The molecule has 28 heavy (non-hydrogen) atoms. The number of rotatable bonds is 7. The third-order valence-electron chi connectivity index (χ3n) is 4.84. The fraction of sp³-hybridized carbons (Fsp3) is 0.381. The van der Waals surface area contributed by atoms with Gasteiger partial charge < -0.3 is 10.1 Å². The molecule has 2 rings (SSSR count). The maximum absolute atomic E-state index is 12.8. The van der Waals surface area contributed by atoms with E-state index < -0.39 is 10.0 Å². The van der Waals surface area contributed by atoms with E-state index in [0.717, 1.165) is 35.1 Å². The van der Waals surface area contributed by atoms with Crippen LogP contribution in [0.25, 0.3) is 0 Å². The summed E-state index contributed by atoms with van der Waals surface area (Å²) in [5, 5.41) is 3.04. The van der Waals surface area contributed by atoms with Crippen molar-refractivity contribution in [2.75, 3.05) is 24.7 Å². The number of hydrogen-bond donors (Lipinski definition) is 1. The topological polar surface area (TPSA) is 75.7 Å². The van der Waals surface area contributed by atoms with Crippen LogP contribution in [0.1, 0.15) is 46.4 Å². The quantitative estimate of drug-likeness (QED) is 0.765. The molecule has 0 aromatic heterocycles. The molecule has 0 heterocycles. The first-order valence-electron chi connectivity index (χ1n) is 9.08. The van der Waals surface area contributed by atoms with Gasteiger partial charge in [-0.05, 0) is 55.2 Å². The van der Waals surface area contributed by atoms with Gasteiger partial charge in [0.25, 0.3) is 5.91 Å². The molecule has 1 atom stereocenters. The van der Waals surface area contributed by atoms with Crippen molar-refractivity contribution in [3.05, 3.63) is 58.7 Å². The maximum Gasteiger partial charge on any atom is 0.251 e. The lowest BCUT2D eigenvalue weighted by Gasteiger charge is -2.21. The number of methoxy groups -OCH3 is 1. The van der Waals surface area contributed by atoms with Crippen LogP contribution in [0.2, 0.25) is 0 Å². The fourth-order valence-electron chi connectivity index (χ4n) is 3.05. The average molecular weight is 405 g/mol. The van der Waals surface area contributed by atoms with Gasteiger partial charge in [-0.3, -0.25) is 9.10 Å². The number of anilines is 1. The Labute approximate surface area is 167 Å². The molecule has 152 valence electrons. The van der Waals surface area contributed by atoms with Crippen LogP contribution in [0, 0.1) is 13.8 Å². The summed E-state index contributed by atoms with van der Waals surface area (Å²) < 4.78 is 30.2. The van der Waals surface area contributed by atoms with E-state index in [1.165, 1.54) is 11.4 Å². The minimum Gasteiger partial charge on any atom is -0.496 e. The monoisotopic (exact) mass is 404 g/mol. The lowest BCUT2D eigenvalue weighted by atomic mass is 10.0. The highest BCUT2D eigenvalue weighted by atomic mass is 32.2. The van der Waals surface area contributed by atoms with E-state index in [9.17, 15) is 13.2 Å². The summed E-state index contributed by atoms with van der Waals surface area (Å²) in [6.45, 7) is 5.78. The highest BCUT2D eigenvalue weighted by molar-refractivity contribution is 7.92. The molecule has 0 aliphatic rings. The third-order valence-corrected chi connectivity index (χ3v) is 6.03. The summed E-state index contributed by atoms with van der Waals surface area (Å²) >= 11 is 0. The number of sulfonamides is 1. The summed E-state index contributed by atoms with van der Waals surface area (Å²) in [5.74, 6) is 0.556. The van der Waals surface area contributed by atoms with Gasteiger partial charge in [0.15, 0.2) is 0 Å². The molecular formula is C21H28N2O4S. The summed E-state index contributed by atoms with van der Waals surface area (Å²) in [6.07, 6.45) is 1.86. The smallest absolute Gasteiger partial charge is 0.251 e. The molecule has 0 spiro atoms. The van der Waals surface area contributed by atoms with Crippen molar-refractivity contribution in [2.24, 2.45) is 0 Å². The molecular weight excluding hydrogens is 376 g/mol. The van der Waals surface area contributed by atoms with Gasteiger partial charge in [0.1, 0.15) is 5.75 Å². The van der Waals surface area contributed by atoms with Crippen molar-refractivity contribution in [3.8, 4) is 5.75 Å². The fourth-order valence-corrected chi connectivity index (χ4v) is 3.60. The van der Waals surface area contributed by atoms with Crippen molar-refractivity contribution in [2.45, 2.75) is 33.2 Å². The normalized spacial score (nSPS) is 12.4. The average Bonchev–Trinajstić information content (AvgIpc) is 2.64. The van der Waals surface area contributed by atoms with Crippen LogP contribution >= 0.6 is 0 Å². The van der Waals surface area contributed by atoms with Gasteiger partial charge in [0.05, 0.1) is 25.1 Å². The van der Waals surface area contributed by atoms with Crippen LogP contribution in [-0.4, -0.2) is 34.7 Å². The molecule has 0 radical (unpaired) electrons. The summed E-state index contributed by atoms with van der Waals surface area (Å²) in [5.41, 5.74) is 3.68. The first-order valence-corrected chi connectivity index (χ1v) is 10.9.